The summed E-state index contributed by atoms with van der Waals surface area (Å²) in [5.41, 5.74) is 0. The third kappa shape index (κ3) is 1.39. The number of carbonyl (C=O) groups is 1. The molecule has 7 heavy (non-hydrogen) atoms. The quantitative estimate of drug-likeness (QED) is 0.419. The summed E-state index contributed by atoms with van der Waals surface area (Å²) in [4.78, 5) is 9.80. The van der Waals surface area contributed by atoms with Crippen LogP contribution in [-0.4, -0.2) is 19.4 Å². The third-order valence-corrected chi connectivity index (χ3v) is 0.523. The lowest BCUT2D eigenvalue weighted by Gasteiger charge is -1.78. The van der Waals surface area contributed by atoms with Crippen LogP contribution in [0.3, 0.4) is 0 Å². The Morgan fingerprint density at radius 3 is 1.86 bits per heavy atom. The monoisotopic (exact) mass is 108 g/mol. The van der Waals surface area contributed by atoms with Gasteiger partial charge in [-0.05, 0) is 0 Å². The van der Waals surface area contributed by atoms with E-state index >= 15 is 0 Å². The van der Waals surface area contributed by atoms with Crippen molar-refractivity contribution in [2.45, 2.75) is 0 Å². The van der Waals surface area contributed by atoms with E-state index in [0.29, 0.717) is 13.2 Å². The number of rotatable bonds is 0. The smallest absolute Gasteiger partial charge is 0.431 e. The van der Waals surface area contributed by atoms with Crippen molar-refractivity contribution >= 4 is 6.16 Å². The van der Waals surface area contributed by atoms with E-state index in [-0.39, 0.29) is 4.70 Å². The molecule has 0 N–H and O–H groups in total. The summed E-state index contributed by atoms with van der Waals surface area (Å²) < 4.78 is 8.58. The standard InChI is InChI=1S/C3H4O3.FH/c4-3-5-1-2-6-3;/h1-2H2;1H. The van der Waals surface area contributed by atoms with Crippen LogP contribution >= 0.6 is 0 Å². The number of ether oxygens (including phenoxy) is 2. The van der Waals surface area contributed by atoms with Gasteiger partial charge in [0, 0.05) is 0 Å². The second-order valence-electron chi connectivity index (χ2n) is 0.947. The summed E-state index contributed by atoms with van der Waals surface area (Å²) in [6, 6.07) is 0. The molecule has 0 saturated carbocycles. The van der Waals surface area contributed by atoms with Gasteiger partial charge in [0.2, 0.25) is 0 Å². The maximum atomic E-state index is 9.80. The summed E-state index contributed by atoms with van der Waals surface area (Å²) in [6.45, 7) is 0.831. The molecule has 42 valence electrons. The SMILES string of the molecule is F.O=C1OCCO1. The molecule has 0 amide bonds. The first-order chi connectivity index (χ1) is 2.89. The molecule has 0 aliphatic carbocycles. The van der Waals surface area contributed by atoms with E-state index in [0.717, 1.165) is 0 Å². The van der Waals surface area contributed by atoms with E-state index in [4.69, 9.17) is 0 Å². The molecule has 0 unspecified atom stereocenters. The largest absolute Gasteiger partial charge is 0.508 e. The van der Waals surface area contributed by atoms with Gasteiger partial charge in [-0.25, -0.2) is 4.79 Å². The molecular formula is C3H5FO3. The van der Waals surface area contributed by atoms with E-state index < -0.39 is 6.16 Å². The Labute approximate surface area is 39.6 Å². The fourth-order valence-corrected chi connectivity index (χ4v) is 0.292. The molecule has 0 radical (unpaired) electrons. The fourth-order valence-electron chi connectivity index (χ4n) is 0.292. The average Bonchev–Trinajstić information content (AvgIpc) is 1.86. The van der Waals surface area contributed by atoms with Crippen LogP contribution in [0.15, 0.2) is 0 Å². The summed E-state index contributed by atoms with van der Waals surface area (Å²) in [5, 5.41) is 0. The molecular weight excluding hydrogens is 103 g/mol. The number of cyclic esters (lactones) is 2. The van der Waals surface area contributed by atoms with E-state index in [1.807, 2.05) is 0 Å². The molecule has 0 aromatic heterocycles. The zero-order valence-corrected chi connectivity index (χ0v) is 3.55. The molecule has 1 rings (SSSR count). The van der Waals surface area contributed by atoms with Crippen LogP contribution in [0.4, 0.5) is 9.50 Å². The molecule has 1 aliphatic rings. The Hall–Kier alpha value is -0.800. The normalized spacial score (nSPS) is 16.9. The van der Waals surface area contributed by atoms with E-state index in [2.05, 4.69) is 9.47 Å². The second kappa shape index (κ2) is 2.39. The van der Waals surface area contributed by atoms with Crippen LogP contribution in [0, 0.1) is 0 Å². The van der Waals surface area contributed by atoms with Gasteiger partial charge in [-0.1, -0.05) is 0 Å². The van der Waals surface area contributed by atoms with Gasteiger partial charge in [0.05, 0.1) is 0 Å². The lowest BCUT2D eigenvalue weighted by Crippen LogP contribution is -1.88. The highest BCUT2D eigenvalue weighted by Gasteiger charge is 2.09. The van der Waals surface area contributed by atoms with Gasteiger partial charge in [0.1, 0.15) is 13.2 Å². The molecule has 0 aromatic rings. The molecule has 0 bridgehead atoms. The topological polar surface area (TPSA) is 35.5 Å². The molecule has 4 heteroatoms. The highest BCUT2D eigenvalue weighted by Crippen LogP contribution is 1.92. The van der Waals surface area contributed by atoms with Gasteiger partial charge in [-0.15, -0.1) is 0 Å². The molecule has 0 spiro atoms. The Morgan fingerprint density at radius 1 is 1.29 bits per heavy atom. The van der Waals surface area contributed by atoms with Crippen LogP contribution in [0.25, 0.3) is 0 Å². The maximum Gasteiger partial charge on any atom is 0.508 e. The number of hydrogen-bond acceptors (Lipinski definition) is 3. The third-order valence-electron chi connectivity index (χ3n) is 0.523. The lowest BCUT2D eigenvalue weighted by atomic mass is 10.8. The first kappa shape index (κ1) is 6.20. The van der Waals surface area contributed by atoms with Crippen LogP contribution < -0.4 is 0 Å². The van der Waals surface area contributed by atoms with E-state index in [1.165, 1.54) is 0 Å². The molecule has 1 aliphatic heterocycles. The van der Waals surface area contributed by atoms with Gasteiger partial charge in [-0.3, -0.25) is 4.70 Å². The van der Waals surface area contributed by atoms with Gasteiger partial charge in [0.25, 0.3) is 0 Å². The summed E-state index contributed by atoms with van der Waals surface area (Å²) in [6.07, 6.45) is -0.546. The summed E-state index contributed by atoms with van der Waals surface area (Å²) in [7, 11) is 0. The molecule has 1 fully saturated rings. The second-order valence-corrected chi connectivity index (χ2v) is 0.947. The van der Waals surface area contributed by atoms with Gasteiger partial charge >= 0.3 is 6.16 Å². The molecule has 1 saturated heterocycles. The Kier molecular flexibility index (Phi) is 2.11. The number of carbonyl (C=O) groups excluding carboxylic acids is 1. The summed E-state index contributed by atoms with van der Waals surface area (Å²) in [5.74, 6) is 0. The molecule has 1 heterocycles. The van der Waals surface area contributed by atoms with Gasteiger partial charge in [-0.2, -0.15) is 0 Å². The van der Waals surface area contributed by atoms with Crippen molar-refractivity contribution in [3.05, 3.63) is 0 Å². The molecule has 0 atom stereocenters. The van der Waals surface area contributed by atoms with E-state index in [1.54, 1.807) is 0 Å². The Balaban J connectivity index is 0.000000360. The molecule has 0 aromatic carbocycles. The Morgan fingerprint density at radius 2 is 1.71 bits per heavy atom. The van der Waals surface area contributed by atoms with Crippen molar-refractivity contribution in [2.24, 2.45) is 0 Å². The average molecular weight is 108 g/mol. The van der Waals surface area contributed by atoms with Crippen molar-refractivity contribution in [3.63, 3.8) is 0 Å². The van der Waals surface area contributed by atoms with Crippen molar-refractivity contribution in [2.75, 3.05) is 13.2 Å². The first-order valence-corrected chi connectivity index (χ1v) is 1.69. The highest BCUT2D eigenvalue weighted by atomic mass is 19.0. The predicted molar refractivity (Wildman–Crippen MR) is 19.8 cm³/mol. The zero-order valence-electron chi connectivity index (χ0n) is 3.55. The van der Waals surface area contributed by atoms with Crippen LogP contribution in [0.2, 0.25) is 0 Å². The van der Waals surface area contributed by atoms with Crippen molar-refractivity contribution in [1.82, 2.24) is 0 Å². The first-order valence-electron chi connectivity index (χ1n) is 1.69. The van der Waals surface area contributed by atoms with Crippen LogP contribution in [0.5, 0.6) is 0 Å². The van der Waals surface area contributed by atoms with Crippen molar-refractivity contribution < 1.29 is 19.0 Å². The maximum absolute atomic E-state index is 9.80. The minimum atomic E-state index is -0.546. The van der Waals surface area contributed by atoms with Crippen LogP contribution in [-0.2, 0) is 9.47 Å². The zero-order chi connectivity index (χ0) is 4.41. The summed E-state index contributed by atoms with van der Waals surface area (Å²) >= 11 is 0. The minimum absolute atomic E-state index is 0. The minimum Gasteiger partial charge on any atom is -0.431 e. The number of halogens is 1. The Bertz CT molecular complexity index is 64.6. The van der Waals surface area contributed by atoms with Crippen LogP contribution in [0.1, 0.15) is 0 Å². The van der Waals surface area contributed by atoms with E-state index in [9.17, 15) is 4.79 Å². The van der Waals surface area contributed by atoms with Crippen molar-refractivity contribution in [1.29, 1.82) is 0 Å². The van der Waals surface area contributed by atoms with Crippen molar-refractivity contribution in [3.8, 4) is 0 Å². The number of hydrogen-bond donors (Lipinski definition) is 0. The highest BCUT2D eigenvalue weighted by molar-refractivity contribution is 5.61. The van der Waals surface area contributed by atoms with Gasteiger partial charge in [0.15, 0.2) is 0 Å². The lowest BCUT2D eigenvalue weighted by molar-refractivity contribution is 0.131. The predicted octanol–water partition coefficient (Wildman–Crippen LogP) is 0.306. The molecule has 3 nitrogen and oxygen atoms in total. The van der Waals surface area contributed by atoms with Gasteiger partial charge < -0.3 is 9.47 Å². The fraction of sp³-hybridized carbons (Fsp3) is 0.667.